The highest BCUT2D eigenvalue weighted by atomic mass is 32.1. The van der Waals surface area contributed by atoms with Gasteiger partial charge in [0.05, 0.1) is 5.39 Å². The molecule has 0 amide bonds. The molecule has 0 saturated carbocycles. The van der Waals surface area contributed by atoms with Gasteiger partial charge in [0, 0.05) is 37.6 Å². The second-order valence-electron chi connectivity index (χ2n) is 6.77. The number of hydrogen-bond acceptors (Lipinski definition) is 5. The number of nitrogens with zero attached hydrogens (tertiary/aromatic N) is 4. The molecule has 0 N–H and O–H groups in total. The molecule has 2 aliphatic rings. The second-order valence-corrected chi connectivity index (χ2v) is 7.86. The van der Waals surface area contributed by atoms with Crippen LogP contribution in [0.25, 0.3) is 10.2 Å². The minimum Gasteiger partial charge on any atom is -0.340 e. The largest absolute Gasteiger partial charge is 0.340 e. The molecule has 0 radical (unpaired) electrons. The van der Waals surface area contributed by atoms with Crippen LogP contribution in [0.3, 0.4) is 0 Å². The van der Waals surface area contributed by atoms with Gasteiger partial charge in [-0.2, -0.15) is 0 Å². The molecule has 1 saturated heterocycles. The lowest BCUT2D eigenvalue weighted by Crippen LogP contribution is -2.48. The third kappa shape index (κ3) is 2.56. The summed E-state index contributed by atoms with van der Waals surface area (Å²) < 4.78 is 1.89. The third-order valence-corrected chi connectivity index (χ3v) is 6.66. The molecule has 1 aliphatic heterocycles. The Morgan fingerprint density at radius 2 is 1.79 bits per heavy atom. The van der Waals surface area contributed by atoms with Crippen molar-refractivity contribution in [2.75, 3.05) is 37.6 Å². The van der Waals surface area contributed by atoms with Crippen molar-refractivity contribution in [1.29, 1.82) is 0 Å². The van der Waals surface area contributed by atoms with Crippen LogP contribution in [0, 0.1) is 0 Å². The van der Waals surface area contributed by atoms with E-state index in [-0.39, 0.29) is 5.56 Å². The van der Waals surface area contributed by atoms with Crippen molar-refractivity contribution < 1.29 is 0 Å². The van der Waals surface area contributed by atoms with Crippen molar-refractivity contribution in [3.63, 3.8) is 0 Å². The first-order chi connectivity index (χ1) is 11.7. The van der Waals surface area contributed by atoms with Gasteiger partial charge in [-0.05, 0) is 44.7 Å². The van der Waals surface area contributed by atoms with Crippen LogP contribution in [0.15, 0.2) is 4.79 Å². The highest BCUT2D eigenvalue weighted by molar-refractivity contribution is 7.18. The molecule has 4 rings (SSSR count). The fraction of sp³-hybridized carbons (Fsp3) is 0.667. The summed E-state index contributed by atoms with van der Waals surface area (Å²) in [5.74, 6) is 0.879. The van der Waals surface area contributed by atoms with E-state index in [1.54, 1.807) is 11.3 Å². The van der Waals surface area contributed by atoms with Crippen molar-refractivity contribution >= 4 is 27.5 Å². The van der Waals surface area contributed by atoms with Crippen molar-refractivity contribution in [2.24, 2.45) is 0 Å². The zero-order valence-electron chi connectivity index (χ0n) is 14.7. The number of fused-ring (bicyclic) bond motifs is 3. The summed E-state index contributed by atoms with van der Waals surface area (Å²) in [6, 6.07) is 0. The first-order valence-electron chi connectivity index (χ1n) is 9.25. The van der Waals surface area contributed by atoms with Gasteiger partial charge in [-0.1, -0.05) is 6.92 Å². The SMILES string of the molecule is CCN1CCN(c2nc3sc4c(c3c(=O)n2CC)CCCC4)CC1. The molecule has 0 aromatic carbocycles. The van der Waals surface area contributed by atoms with Gasteiger partial charge in [-0.15, -0.1) is 11.3 Å². The Kier molecular flexibility index (Phi) is 4.35. The molecular weight excluding hydrogens is 320 g/mol. The number of hydrogen-bond donors (Lipinski definition) is 0. The first kappa shape index (κ1) is 16.1. The van der Waals surface area contributed by atoms with E-state index in [4.69, 9.17) is 4.98 Å². The van der Waals surface area contributed by atoms with Gasteiger partial charge < -0.3 is 9.80 Å². The molecule has 24 heavy (non-hydrogen) atoms. The van der Waals surface area contributed by atoms with Gasteiger partial charge in [0.2, 0.25) is 5.95 Å². The summed E-state index contributed by atoms with van der Waals surface area (Å²) in [4.78, 5) is 25.3. The number of aromatic nitrogens is 2. The highest BCUT2D eigenvalue weighted by Crippen LogP contribution is 2.34. The fourth-order valence-electron chi connectivity index (χ4n) is 4.02. The summed E-state index contributed by atoms with van der Waals surface area (Å²) in [5, 5.41) is 0.910. The molecule has 1 aliphatic carbocycles. The predicted molar refractivity (Wildman–Crippen MR) is 101 cm³/mol. The van der Waals surface area contributed by atoms with E-state index in [2.05, 4.69) is 23.6 Å². The van der Waals surface area contributed by atoms with E-state index in [0.717, 1.165) is 61.7 Å². The van der Waals surface area contributed by atoms with Crippen LogP contribution in [0.2, 0.25) is 0 Å². The summed E-state index contributed by atoms with van der Waals surface area (Å²) in [7, 11) is 0. The van der Waals surface area contributed by atoms with E-state index in [0.29, 0.717) is 6.54 Å². The van der Waals surface area contributed by atoms with Crippen molar-refractivity contribution in [2.45, 2.75) is 46.1 Å². The Hall–Kier alpha value is -1.40. The summed E-state index contributed by atoms with van der Waals surface area (Å²) in [5.41, 5.74) is 1.47. The zero-order valence-corrected chi connectivity index (χ0v) is 15.5. The Morgan fingerprint density at radius 1 is 1.04 bits per heavy atom. The molecule has 5 nitrogen and oxygen atoms in total. The van der Waals surface area contributed by atoms with Crippen LogP contribution < -0.4 is 10.5 Å². The monoisotopic (exact) mass is 346 g/mol. The smallest absolute Gasteiger partial charge is 0.263 e. The van der Waals surface area contributed by atoms with Gasteiger partial charge in [-0.25, -0.2) is 4.98 Å². The van der Waals surface area contributed by atoms with E-state index >= 15 is 0 Å². The van der Waals surface area contributed by atoms with Crippen molar-refractivity contribution in [1.82, 2.24) is 14.5 Å². The summed E-state index contributed by atoms with van der Waals surface area (Å²) in [6.07, 6.45) is 4.61. The molecule has 130 valence electrons. The molecule has 0 atom stereocenters. The Bertz CT molecular complexity index is 801. The van der Waals surface area contributed by atoms with E-state index < -0.39 is 0 Å². The lowest BCUT2D eigenvalue weighted by molar-refractivity contribution is 0.269. The molecule has 1 fully saturated rings. The zero-order chi connectivity index (χ0) is 16.7. The van der Waals surface area contributed by atoms with Crippen molar-refractivity contribution in [3.05, 3.63) is 20.8 Å². The van der Waals surface area contributed by atoms with Crippen LogP contribution >= 0.6 is 11.3 Å². The number of rotatable bonds is 3. The summed E-state index contributed by atoms with van der Waals surface area (Å²) in [6.45, 7) is 10.1. The normalized spacial score (nSPS) is 19.0. The van der Waals surface area contributed by atoms with E-state index in [9.17, 15) is 4.79 Å². The molecule has 3 heterocycles. The Balaban J connectivity index is 1.80. The van der Waals surface area contributed by atoms with Crippen LogP contribution in [-0.2, 0) is 19.4 Å². The van der Waals surface area contributed by atoms with E-state index in [1.807, 2.05) is 4.57 Å². The highest BCUT2D eigenvalue weighted by Gasteiger charge is 2.25. The molecule has 0 spiro atoms. The van der Waals surface area contributed by atoms with Crippen LogP contribution in [0.4, 0.5) is 5.95 Å². The number of anilines is 1. The number of thiophene rings is 1. The second kappa shape index (κ2) is 6.48. The number of piperazine rings is 1. The topological polar surface area (TPSA) is 41.4 Å². The number of likely N-dealkylation sites (N-methyl/N-ethyl adjacent to an activating group) is 1. The lowest BCUT2D eigenvalue weighted by atomic mass is 9.97. The minimum absolute atomic E-state index is 0.176. The average Bonchev–Trinajstić information content (AvgIpc) is 3.00. The predicted octanol–water partition coefficient (Wildman–Crippen LogP) is 2.50. The lowest BCUT2D eigenvalue weighted by Gasteiger charge is -2.35. The Labute approximate surface area is 146 Å². The van der Waals surface area contributed by atoms with Gasteiger partial charge in [0.25, 0.3) is 5.56 Å². The molecule has 6 heteroatoms. The fourth-order valence-corrected chi connectivity index (χ4v) is 5.27. The minimum atomic E-state index is 0.176. The molecular formula is C18H26N4OS. The van der Waals surface area contributed by atoms with Gasteiger partial charge in [-0.3, -0.25) is 9.36 Å². The molecule has 0 bridgehead atoms. The average molecular weight is 347 g/mol. The van der Waals surface area contributed by atoms with E-state index in [1.165, 1.54) is 23.3 Å². The van der Waals surface area contributed by atoms with Crippen LogP contribution in [0.1, 0.15) is 37.1 Å². The molecule has 2 aromatic heterocycles. The molecule has 2 aromatic rings. The standard InChI is InChI=1S/C18H26N4OS/c1-3-20-9-11-21(12-10-20)18-19-16-15(17(23)22(18)4-2)13-7-5-6-8-14(13)24-16/h3-12H2,1-2H3. The van der Waals surface area contributed by atoms with Crippen LogP contribution in [0.5, 0.6) is 0 Å². The van der Waals surface area contributed by atoms with Gasteiger partial charge in [0.1, 0.15) is 4.83 Å². The third-order valence-electron chi connectivity index (χ3n) is 5.47. The number of aryl methyl sites for hydroxylation is 2. The Morgan fingerprint density at radius 3 is 2.50 bits per heavy atom. The van der Waals surface area contributed by atoms with Crippen molar-refractivity contribution in [3.8, 4) is 0 Å². The maximum absolute atomic E-state index is 13.2. The quantitative estimate of drug-likeness (QED) is 0.856. The van der Waals surface area contributed by atoms with Gasteiger partial charge >= 0.3 is 0 Å². The summed E-state index contributed by atoms with van der Waals surface area (Å²) >= 11 is 1.75. The first-order valence-corrected chi connectivity index (χ1v) is 10.1. The maximum atomic E-state index is 13.2. The maximum Gasteiger partial charge on any atom is 0.263 e. The molecule has 0 unspecified atom stereocenters. The van der Waals surface area contributed by atoms with Gasteiger partial charge in [0.15, 0.2) is 0 Å². The van der Waals surface area contributed by atoms with Crippen LogP contribution in [-0.4, -0.2) is 47.2 Å².